The molecule has 0 spiro atoms. The largest absolute Gasteiger partial charge is 0.339 e. The Morgan fingerprint density at radius 2 is 1.75 bits per heavy atom. The van der Waals surface area contributed by atoms with Crippen molar-refractivity contribution < 1.29 is 24.5 Å². The van der Waals surface area contributed by atoms with Gasteiger partial charge in [0.1, 0.15) is 0 Å². The smallest absolute Gasteiger partial charge is 0.0639 e. The molecule has 0 aliphatic carbocycles. The van der Waals surface area contributed by atoms with Gasteiger partial charge in [0.25, 0.3) is 0 Å². The Kier molecular flexibility index (Phi) is 6.14. The number of benzene rings is 3. The minimum absolute atomic E-state index is 0. The molecule has 0 atom stereocenters. The Bertz CT molecular complexity index is 1120. The second-order valence-electron chi connectivity index (χ2n) is 6.45. The molecule has 0 unspecified atom stereocenters. The summed E-state index contributed by atoms with van der Waals surface area (Å²) in [5.74, 6) is 0.364. The van der Waals surface area contributed by atoms with E-state index in [1.165, 1.54) is 6.07 Å². The van der Waals surface area contributed by atoms with Gasteiger partial charge in [-0.05, 0) is 42.7 Å². The zero-order valence-corrected chi connectivity index (χ0v) is 18.5. The molecule has 1 radical (unpaired) electrons. The maximum absolute atomic E-state index is 14.7. The molecule has 4 rings (SSSR count). The van der Waals surface area contributed by atoms with Crippen molar-refractivity contribution in [1.82, 2.24) is 9.55 Å². The Balaban J connectivity index is 0.00000225. The van der Waals surface area contributed by atoms with Crippen LogP contribution in [0.2, 0.25) is 5.02 Å². The molecule has 1 heterocycles. The summed E-state index contributed by atoms with van der Waals surface area (Å²) in [7, 11) is 0. The standard InChI is InChI=1S/C23H17ClFN2.Ir/c1-15-6-5-7-16(2)22(15)18-14-17(10-11-20(18)25)23-26-12-13-27(23)21-9-4-3-8-19(21)24;/h3-9,11-14H,1-2H3;/q-1;. The molecule has 0 N–H and O–H groups in total. The van der Waals surface area contributed by atoms with Gasteiger partial charge in [-0.1, -0.05) is 47.5 Å². The molecular weight excluding hydrogens is 551 g/mol. The predicted octanol–water partition coefficient (Wildman–Crippen LogP) is 6.41. The third-order valence-corrected chi connectivity index (χ3v) is 4.96. The van der Waals surface area contributed by atoms with Gasteiger partial charge in [0.15, 0.2) is 0 Å². The zero-order valence-electron chi connectivity index (χ0n) is 15.3. The van der Waals surface area contributed by atoms with Gasteiger partial charge in [-0.3, -0.25) is 9.37 Å². The van der Waals surface area contributed by atoms with Gasteiger partial charge in [-0.25, -0.2) is 0 Å². The molecule has 0 aliphatic rings. The van der Waals surface area contributed by atoms with Crippen molar-refractivity contribution in [2.24, 2.45) is 0 Å². The van der Waals surface area contributed by atoms with E-state index >= 15 is 0 Å². The number of rotatable bonds is 3. The molecule has 0 aliphatic heterocycles. The maximum atomic E-state index is 14.7. The Hall–Kier alpha value is -2.26. The van der Waals surface area contributed by atoms with E-state index in [4.69, 9.17) is 11.6 Å². The van der Waals surface area contributed by atoms with Crippen LogP contribution < -0.4 is 0 Å². The summed E-state index contributed by atoms with van der Waals surface area (Å²) in [6.07, 6.45) is 3.54. The summed E-state index contributed by atoms with van der Waals surface area (Å²) in [6, 6.07) is 19.7. The topological polar surface area (TPSA) is 17.8 Å². The first-order valence-electron chi connectivity index (χ1n) is 8.62. The van der Waals surface area contributed by atoms with Crippen LogP contribution in [-0.4, -0.2) is 9.55 Å². The monoisotopic (exact) mass is 568 g/mol. The number of imidazole rings is 1. The van der Waals surface area contributed by atoms with E-state index in [0.29, 0.717) is 22.0 Å². The van der Waals surface area contributed by atoms with Gasteiger partial charge in [-0.15, -0.1) is 23.8 Å². The van der Waals surface area contributed by atoms with E-state index in [-0.39, 0.29) is 25.9 Å². The maximum Gasteiger partial charge on any atom is 0.0639 e. The van der Waals surface area contributed by atoms with Crippen molar-refractivity contribution >= 4 is 11.6 Å². The van der Waals surface area contributed by atoms with Gasteiger partial charge in [0.05, 0.1) is 16.5 Å². The molecule has 0 saturated carbocycles. The van der Waals surface area contributed by atoms with Crippen LogP contribution in [0.1, 0.15) is 11.1 Å². The number of nitrogens with zero attached hydrogens (tertiary/aromatic N) is 2. The number of halogens is 2. The van der Waals surface area contributed by atoms with Gasteiger partial charge in [0, 0.05) is 38.3 Å². The van der Waals surface area contributed by atoms with Gasteiger partial charge in [0.2, 0.25) is 0 Å². The minimum Gasteiger partial charge on any atom is -0.339 e. The van der Waals surface area contributed by atoms with E-state index in [1.807, 2.05) is 67.1 Å². The SMILES string of the molecule is Cc1cccc(C)c1-c1cc(-c2nccn2-c2ccccc2Cl)[c-]cc1F.[Ir]. The van der Waals surface area contributed by atoms with Crippen LogP contribution in [0.25, 0.3) is 28.2 Å². The molecule has 143 valence electrons. The van der Waals surface area contributed by atoms with Crippen LogP contribution in [0.3, 0.4) is 0 Å². The molecule has 0 bridgehead atoms. The van der Waals surface area contributed by atoms with Crippen LogP contribution in [-0.2, 0) is 20.1 Å². The normalized spacial score (nSPS) is 10.6. The number of aryl methyl sites for hydroxylation is 2. The summed E-state index contributed by atoms with van der Waals surface area (Å²) < 4.78 is 16.6. The van der Waals surface area contributed by atoms with Gasteiger partial charge < -0.3 is 4.57 Å². The summed E-state index contributed by atoms with van der Waals surface area (Å²) in [5, 5.41) is 0.619. The van der Waals surface area contributed by atoms with Crippen LogP contribution in [0.15, 0.2) is 67.0 Å². The Labute approximate surface area is 182 Å². The summed E-state index contributed by atoms with van der Waals surface area (Å²) in [6.45, 7) is 3.98. The van der Waals surface area contributed by atoms with E-state index in [2.05, 4.69) is 11.1 Å². The summed E-state index contributed by atoms with van der Waals surface area (Å²) in [5.41, 5.74) is 5.03. The van der Waals surface area contributed by atoms with Gasteiger partial charge in [-0.2, -0.15) is 0 Å². The first-order valence-corrected chi connectivity index (χ1v) is 9.00. The van der Waals surface area contributed by atoms with E-state index < -0.39 is 0 Å². The molecule has 5 heteroatoms. The number of para-hydroxylation sites is 1. The van der Waals surface area contributed by atoms with Crippen LogP contribution in [0.5, 0.6) is 0 Å². The minimum atomic E-state index is -0.299. The second kappa shape index (κ2) is 8.40. The molecule has 3 aromatic carbocycles. The summed E-state index contributed by atoms with van der Waals surface area (Å²) in [4.78, 5) is 4.46. The third-order valence-electron chi connectivity index (χ3n) is 4.64. The average molecular weight is 568 g/mol. The first kappa shape index (κ1) is 20.5. The molecular formula is C23H17ClFIrN2-. The van der Waals surface area contributed by atoms with Crippen molar-refractivity contribution in [3.05, 3.63) is 95.0 Å². The van der Waals surface area contributed by atoms with E-state index in [0.717, 1.165) is 22.4 Å². The fraction of sp³-hybridized carbons (Fsp3) is 0.0870. The second-order valence-corrected chi connectivity index (χ2v) is 6.85. The molecule has 4 aromatic rings. The molecule has 0 amide bonds. The quantitative estimate of drug-likeness (QED) is 0.262. The Morgan fingerprint density at radius 3 is 2.46 bits per heavy atom. The molecule has 28 heavy (non-hydrogen) atoms. The Morgan fingerprint density at radius 1 is 1.04 bits per heavy atom. The van der Waals surface area contributed by atoms with Crippen molar-refractivity contribution in [3.8, 4) is 28.2 Å². The van der Waals surface area contributed by atoms with Crippen molar-refractivity contribution in [2.45, 2.75) is 13.8 Å². The molecule has 0 fully saturated rings. The first-order chi connectivity index (χ1) is 13.1. The van der Waals surface area contributed by atoms with Crippen LogP contribution in [0, 0.1) is 25.7 Å². The average Bonchev–Trinajstić information content (AvgIpc) is 3.13. The van der Waals surface area contributed by atoms with Gasteiger partial charge >= 0.3 is 0 Å². The fourth-order valence-electron chi connectivity index (χ4n) is 3.38. The molecule has 1 aromatic heterocycles. The fourth-order valence-corrected chi connectivity index (χ4v) is 3.60. The number of hydrogen-bond donors (Lipinski definition) is 0. The van der Waals surface area contributed by atoms with E-state index in [9.17, 15) is 4.39 Å². The molecule has 0 saturated heterocycles. The zero-order chi connectivity index (χ0) is 19.0. The molecule has 2 nitrogen and oxygen atoms in total. The number of aromatic nitrogens is 2. The van der Waals surface area contributed by atoms with Crippen LogP contribution >= 0.6 is 11.6 Å². The van der Waals surface area contributed by atoms with Crippen molar-refractivity contribution in [2.75, 3.05) is 0 Å². The van der Waals surface area contributed by atoms with Crippen molar-refractivity contribution in [3.63, 3.8) is 0 Å². The van der Waals surface area contributed by atoms with Crippen molar-refractivity contribution in [1.29, 1.82) is 0 Å². The summed E-state index contributed by atoms with van der Waals surface area (Å²) >= 11 is 6.35. The number of hydrogen-bond acceptors (Lipinski definition) is 1. The van der Waals surface area contributed by atoms with Crippen LogP contribution in [0.4, 0.5) is 4.39 Å². The third kappa shape index (κ3) is 3.68. The van der Waals surface area contributed by atoms with E-state index in [1.54, 1.807) is 12.3 Å². The predicted molar refractivity (Wildman–Crippen MR) is 108 cm³/mol.